The van der Waals surface area contributed by atoms with E-state index in [1.165, 1.54) is 11.1 Å². The minimum atomic E-state index is 0.870. The zero-order valence-electron chi connectivity index (χ0n) is 31.0. The molecule has 0 unspecified atom stereocenters. The number of anilines is 3. The molecule has 0 amide bonds. The molecule has 0 spiro atoms. The van der Waals surface area contributed by atoms with E-state index in [4.69, 9.17) is 8.83 Å². The van der Waals surface area contributed by atoms with Crippen molar-refractivity contribution in [3.63, 3.8) is 0 Å². The average Bonchev–Trinajstić information content (AvgIpc) is 3.87. The van der Waals surface area contributed by atoms with Gasteiger partial charge in [0.05, 0.1) is 5.69 Å². The fourth-order valence-electron chi connectivity index (χ4n) is 8.38. The molecule has 0 aliphatic rings. The van der Waals surface area contributed by atoms with Crippen molar-refractivity contribution in [2.24, 2.45) is 0 Å². The lowest BCUT2D eigenvalue weighted by atomic mass is 9.93. The van der Waals surface area contributed by atoms with Gasteiger partial charge in [-0.15, -0.1) is 0 Å². The van der Waals surface area contributed by atoms with Gasteiger partial charge in [-0.1, -0.05) is 164 Å². The van der Waals surface area contributed by atoms with Crippen LogP contribution < -0.4 is 4.90 Å². The molecular formula is C54H35NO2. The van der Waals surface area contributed by atoms with Crippen molar-refractivity contribution < 1.29 is 8.83 Å². The van der Waals surface area contributed by atoms with Crippen LogP contribution >= 0.6 is 0 Å². The summed E-state index contributed by atoms with van der Waals surface area (Å²) in [6, 6.07) is 75.2. The summed E-state index contributed by atoms with van der Waals surface area (Å²) >= 11 is 0. The van der Waals surface area contributed by atoms with Gasteiger partial charge in [-0.3, -0.25) is 0 Å². The van der Waals surface area contributed by atoms with E-state index in [0.717, 1.165) is 94.3 Å². The monoisotopic (exact) mass is 729 g/mol. The molecule has 0 saturated carbocycles. The van der Waals surface area contributed by atoms with Gasteiger partial charge in [0, 0.05) is 44.0 Å². The number of hydrogen-bond acceptors (Lipinski definition) is 3. The van der Waals surface area contributed by atoms with Crippen LogP contribution in [0.3, 0.4) is 0 Å². The van der Waals surface area contributed by atoms with E-state index in [0.29, 0.717) is 0 Å². The van der Waals surface area contributed by atoms with E-state index in [-0.39, 0.29) is 0 Å². The molecule has 57 heavy (non-hydrogen) atoms. The maximum atomic E-state index is 6.46. The SMILES string of the molecule is c1ccc(-c2ccc(N(c3ccc(-c4cccc5c4oc4ccccc45)cc3)c3cc(-c4ccccc4)ccc3-c3cccc4oc5ccccc5c34)cc2)cc1. The minimum Gasteiger partial charge on any atom is -0.456 e. The average molecular weight is 730 g/mol. The summed E-state index contributed by atoms with van der Waals surface area (Å²) in [5.41, 5.74) is 15.7. The Kier molecular flexibility index (Phi) is 7.82. The number of hydrogen-bond donors (Lipinski definition) is 0. The minimum absolute atomic E-state index is 0.870. The predicted molar refractivity (Wildman–Crippen MR) is 237 cm³/mol. The van der Waals surface area contributed by atoms with Crippen molar-refractivity contribution in [3.8, 4) is 44.5 Å². The molecule has 0 aliphatic carbocycles. The Morgan fingerprint density at radius 3 is 1.53 bits per heavy atom. The second-order valence-electron chi connectivity index (χ2n) is 14.5. The first-order chi connectivity index (χ1) is 28.3. The third-order valence-corrected chi connectivity index (χ3v) is 11.1. The molecular weight excluding hydrogens is 695 g/mol. The van der Waals surface area contributed by atoms with Gasteiger partial charge in [-0.05, 0) is 81.9 Å². The molecule has 0 N–H and O–H groups in total. The van der Waals surface area contributed by atoms with Crippen LogP contribution in [0.2, 0.25) is 0 Å². The summed E-state index contributed by atoms with van der Waals surface area (Å²) in [6.45, 7) is 0. The van der Waals surface area contributed by atoms with Crippen LogP contribution in [0, 0.1) is 0 Å². The maximum absolute atomic E-state index is 6.46. The van der Waals surface area contributed by atoms with Crippen LogP contribution in [-0.2, 0) is 0 Å². The standard InChI is InChI=1S/C54H35NO2/c1-3-13-36(14-4-1)38-25-30-41(31-26-38)55(42-32-27-39(28-33-42)43-19-11-21-47-45-17-7-9-22-50(45)57-54(43)47)49-35-40(37-15-5-2-6-16-37)29-34-44(49)46-20-12-24-52-53(46)48-18-8-10-23-51(48)56-52/h1-35H. The van der Waals surface area contributed by atoms with Crippen molar-refractivity contribution in [3.05, 3.63) is 212 Å². The van der Waals surface area contributed by atoms with Crippen molar-refractivity contribution in [1.82, 2.24) is 0 Å². The third-order valence-electron chi connectivity index (χ3n) is 11.1. The normalized spacial score (nSPS) is 11.5. The summed E-state index contributed by atoms with van der Waals surface area (Å²) in [4.78, 5) is 2.39. The van der Waals surface area contributed by atoms with Gasteiger partial charge in [-0.2, -0.15) is 0 Å². The number of para-hydroxylation sites is 3. The Balaban J connectivity index is 1.13. The summed E-state index contributed by atoms with van der Waals surface area (Å²) in [7, 11) is 0. The van der Waals surface area contributed by atoms with Crippen LogP contribution in [0.1, 0.15) is 0 Å². The Hall–Kier alpha value is -7.62. The van der Waals surface area contributed by atoms with E-state index in [2.05, 4.69) is 193 Å². The van der Waals surface area contributed by atoms with E-state index in [9.17, 15) is 0 Å². The highest BCUT2D eigenvalue weighted by Crippen LogP contribution is 2.47. The van der Waals surface area contributed by atoms with Gasteiger partial charge in [0.2, 0.25) is 0 Å². The maximum Gasteiger partial charge on any atom is 0.143 e. The number of fused-ring (bicyclic) bond motifs is 6. The highest BCUT2D eigenvalue weighted by atomic mass is 16.3. The zero-order valence-corrected chi connectivity index (χ0v) is 31.0. The van der Waals surface area contributed by atoms with Gasteiger partial charge in [-0.25, -0.2) is 0 Å². The summed E-state index contributed by atoms with van der Waals surface area (Å²) in [5.74, 6) is 0. The molecule has 0 saturated heterocycles. The molecule has 11 rings (SSSR count). The highest BCUT2D eigenvalue weighted by molar-refractivity contribution is 6.14. The molecule has 2 heterocycles. The Labute approximate surface area is 330 Å². The first kappa shape index (κ1) is 32.8. The number of nitrogens with zero attached hydrogens (tertiary/aromatic N) is 1. The van der Waals surface area contributed by atoms with E-state index >= 15 is 0 Å². The summed E-state index contributed by atoms with van der Waals surface area (Å²) < 4.78 is 12.9. The molecule has 0 radical (unpaired) electrons. The van der Waals surface area contributed by atoms with Crippen molar-refractivity contribution in [2.45, 2.75) is 0 Å². The lowest BCUT2D eigenvalue weighted by Gasteiger charge is -2.29. The third kappa shape index (κ3) is 5.68. The number of furan rings is 2. The van der Waals surface area contributed by atoms with E-state index < -0.39 is 0 Å². The van der Waals surface area contributed by atoms with Gasteiger partial charge in [0.15, 0.2) is 0 Å². The molecule has 2 aromatic heterocycles. The predicted octanol–water partition coefficient (Wildman–Crippen LogP) is 15.6. The molecule has 268 valence electrons. The molecule has 9 aromatic carbocycles. The highest BCUT2D eigenvalue weighted by Gasteiger charge is 2.22. The van der Waals surface area contributed by atoms with Gasteiger partial charge < -0.3 is 13.7 Å². The molecule has 3 heteroatoms. The second kappa shape index (κ2) is 13.6. The zero-order chi connectivity index (χ0) is 37.7. The Morgan fingerprint density at radius 2 is 0.807 bits per heavy atom. The van der Waals surface area contributed by atoms with Crippen LogP contribution in [0.4, 0.5) is 17.1 Å². The smallest absolute Gasteiger partial charge is 0.143 e. The Morgan fingerprint density at radius 1 is 0.298 bits per heavy atom. The summed E-state index contributed by atoms with van der Waals surface area (Å²) in [6.07, 6.45) is 0. The Bertz CT molecular complexity index is 3210. The largest absolute Gasteiger partial charge is 0.456 e. The van der Waals surface area contributed by atoms with Crippen LogP contribution in [-0.4, -0.2) is 0 Å². The molecule has 3 nitrogen and oxygen atoms in total. The first-order valence-corrected chi connectivity index (χ1v) is 19.3. The quantitative estimate of drug-likeness (QED) is 0.164. The molecule has 0 atom stereocenters. The number of benzene rings is 9. The molecule has 11 aromatic rings. The number of rotatable bonds is 7. The fraction of sp³-hybridized carbons (Fsp3) is 0. The second-order valence-corrected chi connectivity index (χ2v) is 14.5. The van der Waals surface area contributed by atoms with E-state index in [1.807, 2.05) is 24.3 Å². The van der Waals surface area contributed by atoms with Crippen molar-refractivity contribution in [2.75, 3.05) is 4.90 Å². The van der Waals surface area contributed by atoms with Crippen LogP contribution in [0.5, 0.6) is 0 Å². The van der Waals surface area contributed by atoms with Gasteiger partial charge in [0.1, 0.15) is 22.3 Å². The lowest BCUT2D eigenvalue weighted by Crippen LogP contribution is -2.11. The lowest BCUT2D eigenvalue weighted by molar-refractivity contribution is 0.669. The van der Waals surface area contributed by atoms with Gasteiger partial charge in [0.25, 0.3) is 0 Å². The topological polar surface area (TPSA) is 29.5 Å². The van der Waals surface area contributed by atoms with Crippen molar-refractivity contribution in [1.29, 1.82) is 0 Å². The molecule has 0 fully saturated rings. The molecule has 0 bridgehead atoms. The molecule has 0 aliphatic heterocycles. The fourth-order valence-corrected chi connectivity index (χ4v) is 8.38. The first-order valence-electron chi connectivity index (χ1n) is 19.3. The van der Waals surface area contributed by atoms with Crippen LogP contribution in [0.15, 0.2) is 221 Å². The van der Waals surface area contributed by atoms with Crippen LogP contribution in [0.25, 0.3) is 88.4 Å². The summed E-state index contributed by atoms with van der Waals surface area (Å²) in [5, 5.41) is 4.46. The van der Waals surface area contributed by atoms with E-state index in [1.54, 1.807) is 0 Å². The van der Waals surface area contributed by atoms with Gasteiger partial charge >= 0.3 is 0 Å². The van der Waals surface area contributed by atoms with Crippen molar-refractivity contribution >= 4 is 60.9 Å².